The Labute approximate surface area is 136 Å². The number of anilines is 1. The zero-order valence-electron chi connectivity index (χ0n) is 13.3. The lowest BCUT2D eigenvalue weighted by Crippen LogP contribution is -2.18. The summed E-state index contributed by atoms with van der Waals surface area (Å²) in [6.07, 6.45) is -2.13. The van der Waals surface area contributed by atoms with Gasteiger partial charge in [-0.1, -0.05) is 0 Å². The standard InChI is InChI=1S/C15H16F3N3O3/c1-9-12(23-2)4-10(5-13(9)24-3)14(22)20-11-6-19-21(7-11)8-15(16,17)18/h4-7H,8H2,1-3H3,(H,20,22). The summed E-state index contributed by atoms with van der Waals surface area (Å²) < 4.78 is 48.0. The lowest BCUT2D eigenvalue weighted by molar-refractivity contribution is -0.142. The molecule has 0 aliphatic rings. The maximum atomic E-state index is 12.3. The molecule has 2 aromatic rings. The van der Waals surface area contributed by atoms with Crippen molar-refractivity contribution < 1.29 is 27.4 Å². The van der Waals surface area contributed by atoms with Gasteiger partial charge in [-0.15, -0.1) is 0 Å². The van der Waals surface area contributed by atoms with Gasteiger partial charge in [0.25, 0.3) is 5.91 Å². The summed E-state index contributed by atoms with van der Waals surface area (Å²) in [5.74, 6) is 0.415. The van der Waals surface area contributed by atoms with Crippen LogP contribution in [0.3, 0.4) is 0 Å². The summed E-state index contributed by atoms with van der Waals surface area (Å²) in [6, 6.07) is 3.04. The number of carbonyl (C=O) groups is 1. The van der Waals surface area contributed by atoms with E-state index in [1.54, 1.807) is 6.92 Å². The van der Waals surface area contributed by atoms with Crippen LogP contribution in [-0.4, -0.2) is 36.1 Å². The number of rotatable bonds is 5. The zero-order valence-corrected chi connectivity index (χ0v) is 13.3. The first-order chi connectivity index (χ1) is 11.2. The van der Waals surface area contributed by atoms with Crippen molar-refractivity contribution in [1.82, 2.24) is 9.78 Å². The summed E-state index contributed by atoms with van der Waals surface area (Å²) in [6.45, 7) is 0.551. The Bertz CT molecular complexity index is 716. The molecule has 0 saturated carbocycles. The van der Waals surface area contributed by atoms with Crippen LogP contribution in [0.15, 0.2) is 24.5 Å². The molecule has 130 valence electrons. The SMILES string of the molecule is COc1cc(C(=O)Nc2cnn(CC(F)(F)F)c2)cc(OC)c1C. The van der Waals surface area contributed by atoms with Gasteiger partial charge in [0.1, 0.15) is 18.0 Å². The van der Waals surface area contributed by atoms with E-state index in [1.165, 1.54) is 26.4 Å². The number of nitrogens with zero attached hydrogens (tertiary/aromatic N) is 2. The predicted octanol–water partition coefficient (Wildman–Crippen LogP) is 3.02. The molecule has 0 radical (unpaired) electrons. The molecule has 0 spiro atoms. The number of carbonyl (C=O) groups excluding carboxylic acids is 1. The molecule has 0 aliphatic heterocycles. The summed E-state index contributed by atoms with van der Waals surface area (Å²) >= 11 is 0. The van der Waals surface area contributed by atoms with Gasteiger partial charge in [0.05, 0.1) is 26.1 Å². The number of nitrogens with one attached hydrogen (secondary N) is 1. The highest BCUT2D eigenvalue weighted by Crippen LogP contribution is 2.29. The van der Waals surface area contributed by atoms with E-state index in [1.807, 2.05) is 0 Å². The molecular formula is C15H16F3N3O3. The molecule has 1 amide bonds. The first-order valence-electron chi connectivity index (χ1n) is 6.86. The molecule has 1 heterocycles. The van der Waals surface area contributed by atoms with Gasteiger partial charge in [0.2, 0.25) is 0 Å². The third-order valence-electron chi connectivity index (χ3n) is 3.25. The van der Waals surface area contributed by atoms with Gasteiger partial charge in [-0.25, -0.2) is 0 Å². The number of methoxy groups -OCH3 is 2. The Morgan fingerprint density at radius 2 is 1.83 bits per heavy atom. The van der Waals surface area contributed by atoms with Crippen molar-refractivity contribution >= 4 is 11.6 Å². The van der Waals surface area contributed by atoms with Gasteiger partial charge >= 0.3 is 6.18 Å². The van der Waals surface area contributed by atoms with Crippen molar-refractivity contribution in [2.24, 2.45) is 0 Å². The van der Waals surface area contributed by atoms with Crippen LogP contribution < -0.4 is 14.8 Å². The highest BCUT2D eigenvalue weighted by molar-refractivity contribution is 6.04. The van der Waals surface area contributed by atoms with E-state index in [4.69, 9.17) is 9.47 Å². The number of alkyl halides is 3. The van der Waals surface area contributed by atoms with Crippen molar-refractivity contribution in [3.8, 4) is 11.5 Å². The Kier molecular flexibility index (Phi) is 5.01. The van der Waals surface area contributed by atoms with Crippen molar-refractivity contribution in [1.29, 1.82) is 0 Å². The maximum absolute atomic E-state index is 12.3. The Morgan fingerprint density at radius 3 is 2.33 bits per heavy atom. The average molecular weight is 343 g/mol. The number of halogens is 3. The molecule has 0 unspecified atom stereocenters. The van der Waals surface area contributed by atoms with E-state index in [0.29, 0.717) is 16.2 Å². The quantitative estimate of drug-likeness (QED) is 0.906. The first-order valence-corrected chi connectivity index (χ1v) is 6.86. The zero-order chi connectivity index (χ0) is 17.9. The lowest BCUT2D eigenvalue weighted by Gasteiger charge is -2.12. The number of hydrogen-bond acceptors (Lipinski definition) is 4. The molecule has 0 atom stereocenters. The van der Waals surface area contributed by atoms with E-state index in [0.717, 1.165) is 18.0 Å². The second-order valence-electron chi connectivity index (χ2n) is 5.00. The topological polar surface area (TPSA) is 65.4 Å². The summed E-state index contributed by atoms with van der Waals surface area (Å²) in [5.41, 5.74) is 1.13. The molecule has 1 N–H and O–H groups in total. The molecule has 24 heavy (non-hydrogen) atoms. The van der Waals surface area contributed by atoms with Crippen molar-refractivity contribution in [2.45, 2.75) is 19.6 Å². The van der Waals surface area contributed by atoms with E-state index < -0.39 is 18.6 Å². The molecule has 6 nitrogen and oxygen atoms in total. The molecule has 9 heteroatoms. The fraction of sp³-hybridized carbons (Fsp3) is 0.333. The molecule has 0 aliphatic carbocycles. The van der Waals surface area contributed by atoms with Crippen LogP contribution >= 0.6 is 0 Å². The molecule has 2 rings (SSSR count). The number of hydrogen-bond donors (Lipinski definition) is 1. The first kappa shape index (κ1) is 17.6. The molecule has 0 saturated heterocycles. The van der Waals surface area contributed by atoms with Crippen molar-refractivity contribution in [3.63, 3.8) is 0 Å². The minimum atomic E-state index is -4.38. The third-order valence-corrected chi connectivity index (χ3v) is 3.25. The number of ether oxygens (including phenoxy) is 2. The molecule has 1 aromatic heterocycles. The van der Waals surface area contributed by atoms with Gasteiger partial charge in [-0.3, -0.25) is 9.48 Å². The van der Waals surface area contributed by atoms with Crippen LogP contribution in [-0.2, 0) is 6.54 Å². The molecule has 0 fully saturated rings. The van der Waals surface area contributed by atoms with Gasteiger partial charge in [-0.05, 0) is 19.1 Å². The van der Waals surface area contributed by atoms with Crippen LogP contribution in [0.4, 0.5) is 18.9 Å². The summed E-state index contributed by atoms with van der Waals surface area (Å²) in [5, 5.41) is 6.05. The lowest BCUT2D eigenvalue weighted by atomic mass is 10.1. The normalized spacial score (nSPS) is 11.2. The smallest absolute Gasteiger partial charge is 0.408 e. The van der Waals surface area contributed by atoms with E-state index in [-0.39, 0.29) is 11.3 Å². The van der Waals surface area contributed by atoms with E-state index in [9.17, 15) is 18.0 Å². The fourth-order valence-corrected chi connectivity index (χ4v) is 2.12. The number of benzene rings is 1. The van der Waals surface area contributed by atoms with Crippen molar-refractivity contribution in [3.05, 3.63) is 35.7 Å². The van der Waals surface area contributed by atoms with E-state index in [2.05, 4.69) is 10.4 Å². The van der Waals surface area contributed by atoms with Crippen LogP contribution in [0, 0.1) is 6.92 Å². The highest BCUT2D eigenvalue weighted by atomic mass is 19.4. The van der Waals surface area contributed by atoms with Gasteiger partial charge in [-0.2, -0.15) is 18.3 Å². The average Bonchev–Trinajstić information content (AvgIpc) is 2.92. The van der Waals surface area contributed by atoms with Crippen LogP contribution in [0.1, 0.15) is 15.9 Å². The highest BCUT2D eigenvalue weighted by Gasteiger charge is 2.28. The van der Waals surface area contributed by atoms with Crippen LogP contribution in [0.2, 0.25) is 0 Å². The predicted molar refractivity (Wildman–Crippen MR) is 80.5 cm³/mol. The Hall–Kier alpha value is -2.71. The number of aromatic nitrogens is 2. The second kappa shape index (κ2) is 6.81. The van der Waals surface area contributed by atoms with E-state index >= 15 is 0 Å². The Balaban J connectivity index is 2.18. The minimum absolute atomic E-state index is 0.155. The minimum Gasteiger partial charge on any atom is -0.496 e. The number of amides is 1. The summed E-state index contributed by atoms with van der Waals surface area (Å²) in [4.78, 5) is 12.3. The van der Waals surface area contributed by atoms with Gasteiger partial charge < -0.3 is 14.8 Å². The second-order valence-corrected chi connectivity index (χ2v) is 5.00. The maximum Gasteiger partial charge on any atom is 0.408 e. The van der Waals surface area contributed by atoms with Crippen molar-refractivity contribution in [2.75, 3.05) is 19.5 Å². The fourth-order valence-electron chi connectivity index (χ4n) is 2.12. The molecular weight excluding hydrogens is 327 g/mol. The van der Waals surface area contributed by atoms with Gasteiger partial charge in [0, 0.05) is 17.3 Å². The molecule has 0 bridgehead atoms. The van der Waals surface area contributed by atoms with Crippen LogP contribution in [0.5, 0.6) is 11.5 Å². The van der Waals surface area contributed by atoms with Crippen LogP contribution in [0.25, 0.3) is 0 Å². The largest absolute Gasteiger partial charge is 0.496 e. The molecule has 1 aromatic carbocycles. The third kappa shape index (κ3) is 4.18. The van der Waals surface area contributed by atoms with Gasteiger partial charge in [0.15, 0.2) is 0 Å². The summed E-state index contributed by atoms with van der Waals surface area (Å²) in [7, 11) is 2.93. The Morgan fingerprint density at radius 1 is 1.25 bits per heavy atom. The monoisotopic (exact) mass is 343 g/mol.